The second kappa shape index (κ2) is 5.16. The standard InChI is InChI=1S/C8H5F2.K/c1-2-6-3-4-7(9)8(10)5-6;/h1-5H;/q-1;+1. The fourth-order valence-corrected chi connectivity index (χ4v) is 0.616. The minimum absolute atomic E-state index is 0. The van der Waals surface area contributed by atoms with Gasteiger partial charge >= 0.3 is 51.4 Å². The largest absolute Gasteiger partial charge is 1.00 e. The fraction of sp³-hybridized carbons (Fsp3) is 0. The molecular formula is C8H5F2K. The topological polar surface area (TPSA) is 0 Å². The van der Waals surface area contributed by atoms with Gasteiger partial charge in [0.15, 0.2) is 5.82 Å². The number of benzene rings is 1. The van der Waals surface area contributed by atoms with Crippen LogP contribution in [0.25, 0.3) is 6.08 Å². The van der Waals surface area contributed by atoms with Crippen LogP contribution in [-0.4, -0.2) is 0 Å². The molecule has 0 aliphatic heterocycles. The predicted molar refractivity (Wildman–Crippen MR) is 35.1 cm³/mol. The van der Waals surface area contributed by atoms with Gasteiger partial charge in [0.05, 0.1) is 0 Å². The van der Waals surface area contributed by atoms with Gasteiger partial charge in [0, 0.05) is 0 Å². The Morgan fingerprint density at radius 2 is 1.82 bits per heavy atom. The van der Waals surface area contributed by atoms with Crippen molar-refractivity contribution in [3.63, 3.8) is 0 Å². The van der Waals surface area contributed by atoms with Crippen LogP contribution in [0.15, 0.2) is 18.2 Å². The van der Waals surface area contributed by atoms with Crippen molar-refractivity contribution in [2.75, 3.05) is 0 Å². The summed E-state index contributed by atoms with van der Waals surface area (Å²) in [4.78, 5) is 0. The fourth-order valence-electron chi connectivity index (χ4n) is 0.616. The number of halogens is 2. The van der Waals surface area contributed by atoms with Gasteiger partial charge < -0.3 is 0 Å². The minimum atomic E-state index is -0.876. The van der Waals surface area contributed by atoms with Gasteiger partial charge in [-0.15, -0.1) is 6.07 Å². The van der Waals surface area contributed by atoms with Crippen LogP contribution in [0.1, 0.15) is 5.56 Å². The van der Waals surface area contributed by atoms with Gasteiger partial charge in [0.25, 0.3) is 0 Å². The molecule has 1 aromatic rings. The molecule has 3 heteroatoms. The van der Waals surface area contributed by atoms with Crippen molar-refractivity contribution in [1.29, 1.82) is 0 Å². The average molecular weight is 178 g/mol. The van der Waals surface area contributed by atoms with Crippen molar-refractivity contribution in [3.05, 3.63) is 42.0 Å². The van der Waals surface area contributed by atoms with Crippen LogP contribution in [-0.2, 0) is 0 Å². The maximum atomic E-state index is 12.3. The Morgan fingerprint density at radius 1 is 1.18 bits per heavy atom. The van der Waals surface area contributed by atoms with Crippen LogP contribution in [0.3, 0.4) is 0 Å². The molecule has 0 aliphatic carbocycles. The second-order valence-electron chi connectivity index (χ2n) is 1.84. The smallest absolute Gasteiger partial charge is 0.292 e. The van der Waals surface area contributed by atoms with Crippen molar-refractivity contribution < 1.29 is 60.2 Å². The summed E-state index contributed by atoms with van der Waals surface area (Å²) < 4.78 is 24.5. The molecule has 52 valence electrons. The van der Waals surface area contributed by atoms with E-state index in [1.807, 2.05) is 0 Å². The van der Waals surface area contributed by atoms with Crippen molar-refractivity contribution in [3.8, 4) is 0 Å². The van der Waals surface area contributed by atoms with Crippen molar-refractivity contribution >= 4 is 6.08 Å². The summed E-state index contributed by atoms with van der Waals surface area (Å²) in [5, 5.41) is 0. The molecule has 0 atom stereocenters. The molecule has 0 aromatic heterocycles. The number of hydrogen-bond acceptors (Lipinski definition) is 0. The van der Waals surface area contributed by atoms with Gasteiger partial charge in [-0.1, -0.05) is 6.07 Å². The van der Waals surface area contributed by atoms with Crippen molar-refractivity contribution in [2.45, 2.75) is 0 Å². The average Bonchev–Trinajstić information content (AvgIpc) is 1.95. The van der Waals surface area contributed by atoms with Gasteiger partial charge in [-0.25, -0.2) is 14.9 Å². The predicted octanol–water partition coefficient (Wildman–Crippen LogP) is -0.585. The van der Waals surface area contributed by atoms with Gasteiger partial charge in [-0.2, -0.15) is 5.56 Å². The van der Waals surface area contributed by atoms with Crippen LogP contribution in [0.4, 0.5) is 8.78 Å². The molecule has 0 unspecified atom stereocenters. The van der Waals surface area contributed by atoms with E-state index in [9.17, 15) is 8.78 Å². The molecule has 0 nitrogen and oxygen atoms in total. The Balaban J connectivity index is 0.000001000. The Morgan fingerprint density at radius 3 is 2.27 bits per heavy atom. The maximum absolute atomic E-state index is 12.3. The molecule has 0 heterocycles. The SMILES string of the molecule is [CH-]=Cc1ccc(F)c(F)c1.[K+]. The molecule has 0 N–H and O–H groups in total. The third-order valence-corrected chi connectivity index (χ3v) is 1.14. The van der Waals surface area contributed by atoms with Gasteiger partial charge in [0.1, 0.15) is 5.82 Å². The first-order valence-electron chi connectivity index (χ1n) is 2.74. The van der Waals surface area contributed by atoms with Gasteiger partial charge in [-0.05, 0) is 6.07 Å². The van der Waals surface area contributed by atoms with E-state index < -0.39 is 11.6 Å². The van der Waals surface area contributed by atoms with Gasteiger partial charge in [0.2, 0.25) is 0 Å². The first-order valence-corrected chi connectivity index (χ1v) is 2.74. The van der Waals surface area contributed by atoms with Gasteiger partial charge in [-0.3, -0.25) is 6.58 Å². The zero-order chi connectivity index (χ0) is 7.56. The van der Waals surface area contributed by atoms with Crippen molar-refractivity contribution in [2.24, 2.45) is 0 Å². The first kappa shape index (κ1) is 11.5. The summed E-state index contributed by atoms with van der Waals surface area (Å²) >= 11 is 0. The molecular weight excluding hydrogens is 173 g/mol. The molecule has 0 bridgehead atoms. The van der Waals surface area contributed by atoms with E-state index >= 15 is 0 Å². The molecule has 1 rings (SSSR count). The van der Waals surface area contributed by atoms with Crippen LogP contribution in [0.2, 0.25) is 0 Å². The molecule has 0 spiro atoms. The van der Waals surface area contributed by atoms with Crippen LogP contribution >= 0.6 is 0 Å². The molecule has 0 radical (unpaired) electrons. The maximum Gasteiger partial charge on any atom is 1.00 e. The summed E-state index contributed by atoms with van der Waals surface area (Å²) in [7, 11) is 0. The molecule has 0 saturated heterocycles. The Kier molecular flexibility index (Phi) is 5.38. The van der Waals surface area contributed by atoms with E-state index in [1.165, 1.54) is 12.1 Å². The minimum Gasteiger partial charge on any atom is -0.292 e. The molecule has 0 amide bonds. The van der Waals surface area contributed by atoms with Crippen LogP contribution in [0.5, 0.6) is 0 Å². The Labute approximate surface area is 107 Å². The van der Waals surface area contributed by atoms with Crippen LogP contribution in [0, 0.1) is 18.2 Å². The Hall–Kier alpha value is 0.456. The summed E-state index contributed by atoms with van der Waals surface area (Å²) in [6.45, 7) is 5.05. The summed E-state index contributed by atoms with van der Waals surface area (Å²) in [5.41, 5.74) is 0.471. The van der Waals surface area contributed by atoms with E-state index in [2.05, 4.69) is 0 Å². The zero-order valence-corrected chi connectivity index (χ0v) is 9.27. The Bertz CT molecular complexity index is 258. The summed E-state index contributed by atoms with van der Waals surface area (Å²) in [6.07, 6.45) is 1.21. The normalized spacial score (nSPS) is 8.55. The first-order chi connectivity index (χ1) is 4.74. The number of hydrogen-bond donors (Lipinski definition) is 0. The monoisotopic (exact) mass is 178 g/mol. The quantitative estimate of drug-likeness (QED) is 0.398. The van der Waals surface area contributed by atoms with E-state index in [4.69, 9.17) is 6.58 Å². The molecule has 0 saturated carbocycles. The van der Waals surface area contributed by atoms with E-state index in [1.54, 1.807) is 0 Å². The molecule has 0 fully saturated rings. The van der Waals surface area contributed by atoms with E-state index in [0.29, 0.717) is 5.56 Å². The van der Waals surface area contributed by atoms with E-state index in [0.717, 1.165) is 12.1 Å². The zero-order valence-electron chi connectivity index (χ0n) is 6.14. The van der Waals surface area contributed by atoms with Crippen LogP contribution < -0.4 is 51.4 Å². The summed E-state index contributed by atoms with van der Waals surface area (Å²) in [6, 6.07) is 3.47. The molecule has 11 heavy (non-hydrogen) atoms. The van der Waals surface area contributed by atoms with Crippen molar-refractivity contribution in [1.82, 2.24) is 0 Å². The molecule has 1 aromatic carbocycles. The molecule has 0 aliphatic rings. The third-order valence-electron chi connectivity index (χ3n) is 1.14. The van der Waals surface area contributed by atoms with E-state index in [-0.39, 0.29) is 51.4 Å². The number of rotatable bonds is 1. The third kappa shape index (κ3) is 3.13. The summed E-state index contributed by atoms with van der Waals surface area (Å²) in [5.74, 6) is -1.73. The second-order valence-corrected chi connectivity index (χ2v) is 1.84.